The second-order valence-electron chi connectivity index (χ2n) is 9.58. The Morgan fingerprint density at radius 3 is 2.62 bits per heavy atom. The largest absolute Gasteiger partial charge is 0.379 e. The quantitative estimate of drug-likeness (QED) is 0.319. The van der Waals surface area contributed by atoms with Gasteiger partial charge < -0.3 is 14.5 Å². The van der Waals surface area contributed by atoms with Gasteiger partial charge in [-0.3, -0.25) is 9.69 Å². The van der Waals surface area contributed by atoms with Crippen LogP contribution in [0, 0.1) is 0 Å². The van der Waals surface area contributed by atoms with Gasteiger partial charge >= 0.3 is 10.1 Å². The molecule has 2 N–H and O–H groups in total. The number of aromatic nitrogens is 1. The van der Waals surface area contributed by atoms with Gasteiger partial charge in [0.05, 0.1) is 5.56 Å². The highest BCUT2D eigenvalue weighted by Gasteiger charge is 2.30. The van der Waals surface area contributed by atoms with Gasteiger partial charge in [-0.25, -0.2) is 0 Å². The van der Waals surface area contributed by atoms with E-state index in [4.69, 9.17) is 15.8 Å². The van der Waals surface area contributed by atoms with E-state index in [1.165, 1.54) is 37.0 Å². The fraction of sp³-hybridized carbons (Fsp3) is 0.250. The summed E-state index contributed by atoms with van der Waals surface area (Å²) in [7, 11) is -4.13. The molecule has 0 spiro atoms. The van der Waals surface area contributed by atoms with Crippen molar-refractivity contribution in [1.82, 2.24) is 15.2 Å². The fourth-order valence-electron chi connectivity index (χ4n) is 5.21. The molecule has 0 saturated carbocycles. The van der Waals surface area contributed by atoms with Gasteiger partial charge in [0.25, 0.3) is 5.91 Å². The number of hydrogen-bond acceptors (Lipinski definition) is 5. The van der Waals surface area contributed by atoms with Crippen LogP contribution in [0.15, 0.2) is 65.6 Å². The number of carbonyl (C=O) groups is 1. The van der Waals surface area contributed by atoms with Crippen LogP contribution in [-0.2, 0) is 23.2 Å². The Hall–Kier alpha value is -3.33. The number of piperidine rings is 1. The van der Waals surface area contributed by atoms with Crippen LogP contribution in [0.4, 0.5) is 0 Å². The number of nitrogens with one attached hydrogen (secondary N) is 2. The second-order valence-corrected chi connectivity index (χ2v) is 11.6. The molecule has 3 aromatic carbocycles. The highest BCUT2D eigenvalue weighted by molar-refractivity contribution is 7.87. The molecule has 2 aliphatic heterocycles. The zero-order chi connectivity index (χ0) is 25.6. The van der Waals surface area contributed by atoms with Crippen molar-refractivity contribution in [3.63, 3.8) is 0 Å². The Morgan fingerprint density at radius 2 is 1.81 bits per heavy atom. The van der Waals surface area contributed by atoms with Crippen LogP contribution in [-0.4, -0.2) is 37.3 Å². The lowest BCUT2D eigenvalue weighted by molar-refractivity contribution is 0.0966. The molecule has 9 heteroatoms. The maximum absolute atomic E-state index is 12.9. The molecular weight excluding hydrogens is 510 g/mol. The summed E-state index contributed by atoms with van der Waals surface area (Å²) in [5.41, 5.74) is 4.66. The SMILES string of the molecule is O=C1NCc2c(OS(=O)(=O)c3cccc(Cl)c3)ccc(-c3cc4cc(CN5CCCCC5)ccc4[nH]3)c21. The van der Waals surface area contributed by atoms with E-state index >= 15 is 0 Å². The van der Waals surface area contributed by atoms with Crippen molar-refractivity contribution in [2.45, 2.75) is 37.2 Å². The number of halogens is 1. The first-order chi connectivity index (χ1) is 17.9. The second kappa shape index (κ2) is 9.52. The van der Waals surface area contributed by atoms with Crippen molar-refractivity contribution in [3.8, 4) is 17.0 Å². The van der Waals surface area contributed by atoms with Crippen molar-refractivity contribution in [2.24, 2.45) is 0 Å². The summed E-state index contributed by atoms with van der Waals surface area (Å²) in [5.74, 6) is -0.142. The number of rotatable bonds is 6. The molecule has 0 atom stereocenters. The first-order valence-corrected chi connectivity index (χ1v) is 14.1. The summed E-state index contributed by atoms with van der Waals surface area (Å²) in [5, 5.41) is 4.17. The predicted octanol–water partition coefficient (Wildman–Crippen LogP) is 5.49. The van der Waals surface area contributed by atoms with Gasteiger partial charge in [0.1, 0.15) is 10.6 Å². The van der Waals surface area contributed by atoms with Crippen molar-refractivity contribution in [1.29, 1.82) is 0 Å². The number of aromatic amines is 1. The predicted molar refractivity (Wildman–Crippen MR) is 143 cm³/mol. The average Bonchev–Trinajstić information content (AvgIpc) is 3.49. The Kier molecular flexibility index (Phi) is 6.18. The van der Waals surface area contributed by atoms with Gasteiger partial charge in [-0.2, -0.15) is 8.42 Å². The van der Waals surface area contributed by atoms with Crippen molar-refractivity contribution in [2.75, 3.05) is 13.1 Å². The third kappa shape index (κ3) is 4.72. The third-order valence-corrected chi connectivity index (χ3v) is 8.50. The highest BCUT2D eigenvalue weighted by Crippen LogP contribution is 2.37. The summed E-state index contributed by atoms with van der Waals surface area (Å²) in [6.45, 7) is 3.39. The summed E-state index contributed by atoms with van der Waals surface area (Å²) in [6.07, 6.45) is 3.82. The minimum atomic E-state index is -4.13. The van der Waals surface area contributed by atoms with Crippen LogP contribution < -0.4 is 9.50 Å². The number of fused-ring (bicyclic) bond motifs is 2. The Morgan fingerprint density at radius 1 is 0.973 bits per heavy atom. The number of H-pyrrole nitrogens is 1. The first kappa shape index (κ1) is 24.0. The monoisotopic (exact) mass is 535 g/mol. The smallest absolute Gasteiger partial charge is 0.339 e. The fourth-order valence-corrected chi connectivity index (χ4v) is 6.47. The van der Waals surface area contributed by atoms with Crippen molar-refractivity contribution in [3.05, 3.63) is 82.4 Å². The molecule has 1 aromatic heterocycles. The van der Waals surface area contributed by atoms with Gasteiger partial charge in [0.15, 0.2) is 0 Å². The van der Waals surface area contributed by atoms with E-state index in [0.717, 1.165) is 36.2 Å². The maximum Gasteiger partial charge on any atom is 0.339 e. The lowest BCUT2D eigenvalue weighted by Gasteiger charge is -2.26. The summed E-state index contributed by atoms with van der Waals surface area (Å²) in [4.78, 5) is 18.7. The standard InChI is InChI=1S/C28H26ClN3O4S/c29-20-5-4-6-21(15-20)37(34,35)36-26-10-8-22(27-23(26)16-30-28(27)33)25-14-19-13-18(7-9-24(19)31-25)17-32-11-2-1-3-12-32/h4-10,13-15,31H,1-3,11-12,16-17H2,(H,30,33). The minimum absolute atomic E-state index is 0.0499. The van der Waals surface area contributed by atoms with E-state index in [0.29, 0.717) is 21.7 Å². The summed E-state index contributed by atoms with van der Waals surface area (Å²) in [6, 6.07) is 17.7. The molecular formula is C28H26ClN3O4S. The summed E-state index contributed by atoms with van der Waals surface area (Å²) >= 11 is 5.97. The number of amides is 1. The molecule has 0 bridgehead atoms. The molecule has 37 heavy (non-hydrogen) atoms. The zero-order valence-electron chi connectivity index (χ0n) is 20.1. The van der Waals surface area contributed by atoms with E-state index in [9.17, 15) is 13.2 Å². The van der Waals surface area contributed by atoms with E-state index in [2.05, 4.69) is 33.4 Å². The number of benzene rings is 3. The van der Waals surface area contributed by atoms with E-state index in [-0.39, 0.29) is 23.1 Å². The van der Waals surface area contributed by atoms with Crippen molar-refractivity contribution < 1.29 is 17.4 Å². The maximum atomic E-state index is 12.9. The van der Waals surface area contributed by atoms with E-state index < -0.39 is 10.1 Å². The molecule has 4 aromatic rings. The van der Waals surface area contributed by atoms with Crippen LogP contribution in [0.1, 0.15) is 40.7 Å². The van der Waals surface area contributed by atoms with Crippen LogP contribution in [0.3, 0.4) is 0 Å². The van der Waals surface area contributed by atoms with Gasteiger partial charge in [-0.1, -0.05) is 30.2 Å². The molecule has 0 radical (unpaired) electrons. The number of nitrogens with zero attached hydrogens (tertiary/aromatic N) is 1. The zero-order valence-corrected chi connectivity index (χ0v) is 21.7. The normalized spacial score (nSPS) is 16.1. The molecule has 0 aliphatic carbocycles. The molecule has 7 nitrogen and oxygen atoms in total. The van der Waals surface area contributed by atoms with Crippen LogP contribution in [0.2, 0.25) is 5.02 Å². The average molecular weight is 536 g/mol. The Bertz CT molecular complexity index is 1620. The molecule has 190 valence electrons. The van der Waals surface area contributed by atoms with Gasteiger partial charge in [0.2, 0.25) is 0 Å². The van der Waals surface area contributed by atoms with Crippen LogP contribution in [0.5, 0.6) is 5.75 Å². The van der Waals surface area contributed by atoms with E-state index in [1.807, 2.05) is 6.07 Å². The first-order valence-electron chi connectivity index (χ1n) is 12.4. The van der Waals surface area contributed by atoms with Gasteiger partial charge in [0, 0.05) is 45.8 Å². The number of carbonyl (C=O) groups excluding carboxylic acids is 1. The number of hydrogen-bond donors (Lipinski definition) is 2. The lowest BCUT2D eigenvalue weighted by atomic mass is 9.99. The topological polar surface area (TPSA) is 91.5 Å². The minimum Gasteiger partial charge on any atom is -0.379 e. The Balaban J connectivity index is 1.33. The Labute approximate surface area is 220 Å². The highest BCUT2D eigenvalue weighted by atomic mass is 35.5. The molecule has 1 fully saturated rings. The molecule has 1 saturated heterocycles. The van der Waals surface area contributed by atoms with Crippen LogP contribution >= 0.6 is 11.6 Å². The molecule has 3 heterocycles. The van der Waals surface area contributed by atoms with Crippen molar-refractivity contribution >= 4 is 38.5 Å². The van der Waals surface area contributed by atoms with Crippen LogP contribution in [0.25, 0.3) is 22.2 Å². The molecule has 2 aliphatic rings. The molecule has 1 amide bonds. The van der Waals surface area contributed by atoms with E-state index in [1.54, 1.807) is 24.3 Å². The third-order valence-electron chi connectivity index (χ3n) is 7.04. The van der Waals surface area contributed by atoms with Gasteiger partial charge in [-0.15, -0.1) is 0 Å². The van der Waals surface area contributed by atoms with Gasteiger partial charge in [-0.05, 0) is 80.0 Å². The molecule has 6 rings (SSSR count). The summed E-state index contributed by atoms with van der Waals surface area (Å²) < 4.78 is 31.3. The molecule has 0 unspecified atom stereocenters. The lowest BCUT2D eigenvalue weighted by Crippen LogP contribution is -2.28. The number of likely N-dealkylation sites (tertiary alicyclic amines) is 1.